The van der Waals surface area contributed by atoms with Crippen LogP contribution in [0.4, 0.5) is 11.4 Å². The number of methoxy groups -OCH3 is 1. The standard InChI is InChI=1S/C16H12N2O2/c1-10(16(19)20-2)11-3-5-12(6-4-11)14-8-7-13-9-15(14)18-17-13/h3-9H,1H2,2H3. The molecule has 1 heterocycles. The SMILES string of the molecule is C=C(C(=O)OC)c1ccc(-c2ccc3cc2N=N3)cc1. The summed E-state index contributed by atoms with van der Waals surface area (Å²) in [5, 5.41) is 8.13. The molecule has 0 N–H and O–H groups in total. The van der Waals surface area contributed by atoms with Crippen LogP contribution < -0.4 is 0 Å². The Balaban J connectivity index is 1.93. The minimum Gasteiger partial charge on any atom is -0.465 e. The van der Waals surface area contributed by atoms with Crippen LogP contribution in [0.1, 0.15) is 5.56 Å². The summed E-state index contributed by atoms with van der Waals surface area (Å²) >= 11 is 0. The maximum atomic E-state index is 11.4. The minimum atomic E-state index is -0.422. The van der Waals surface area contributed by atoms with E-state index in [1.807, 2.05) is 42.5 Å². The van der Waals surface area contributed by atoms with Crippen molar-refractivity contribution in [2.24, 2.45) is 10.2 Å². The van der Waals surface area contributed by atoms with Gasteiger partial charge in [-0.3, -0.25) is 0 Å². The molecule has 0 spiro atoms. The molecule has 0 unspecified atom stereocenters. The molecule has 2 bridgehead atoms. The molecule has 0 fully saturated rings. The van der Waals surface area contributed by atoms with E-state index in [-0.39, 0.29) is 0 Å². The van der Waals surface area contributed by atoms with Crippen molar-refractivity contribution in [3.63, 3.8) is 0 Å². The number of carbonyl (C=O) groups is 1. The van der Waals surface area contributed by atoms with Crippen LogP contribution in [0.15, 0.2) is 59.3 Å². The number of hydrogen-bond acceptors (Lipinski definition) is 4. The summed E-state index contributed by atoms with van der Waals surface area (Å²) in [6.45, 7) is 3.73. The smallest absolute Gasteiger partial charge is 0.337 e. The van der Waals surface area contributed by atoms with E-state index < -0.39 is 5.97 Å². The number of azo groups is 1. The number of ether oxygens (including phenoxy) is 1. The molecular formula is C16H12N2O2. The van der Waals surface area contributed by atoms with Crippen LogP contribution in [0.2, 0.25) is 0 Å². The number of fused-ring (bicyclic) bond motifs is 2. The van der Waals surface area contributed by atoms with E-state index in [2.05, 4.69) is 21.5 Å². The van der Waals surface area contributed by atoms with E-state index in [1.165, 1.54) is 7.11 Å². The first-order chi connectivity index (χ1) is 9.69. The molecule has 3 rings (SSSR count). The molecule has 0 aromatic heterocycles. The highest BCUT2D eigenvalue weighted by atomic mass is 16.5. The van der Waals surface area contributed by atoms with E-state index in [0.717, 1.165) is 28.1 Å². The molecule has 4 nitrogen and oxygen atoms in total. The van der Waals surface area contributed by atoms with Crippen molar-refractivity contribution in [2.75, 3.05) is 7.11 Å². The fraction of sp³-hybridized carbons (Fsp3) is 0.0625. The Morgan fingerprint density at radius 3 is 2.55 bits per heavy atom. The van der Waals surface area contributed by atoms with E-state index >= 15 is 0 Å². The predicted molar refractivity (Wildman–Crippen MR) is 77.1 cm³/mol. The molecule has 0 aliphatic carbocycles. The highest BCUT2D eigenvalue weighted by Gasteiger charge is 2.12. The van der Waals surface area contributed by atoms with Crippen molar-refractivity contribution in [3.8, 4) is 11.1 Å². The number of nitrogens with zero attached hydrogens (tertiary/aromatic N) is 2. The Hall–Kier alpha value is -2.75. The zero-order valence-electron chi connectivity index (χ0n) is 11.0. The number of esters is 1. The van der Waals surface area contributed by atoms with Gasteiger partial charge in [-0.15, -0.1) is 5.11 Å². The maximum absolute atomic E-state index is 11.4. The Bertz CT molecular complexity index is 731. The van der Waals surface area contributed by atoms with Gasteiger partial charge in [0.2, 0.25) is 0 Å². The second-order valence-electron chi connectivity index (χ2n) is 4.45. The molecule has 2 aromatic carbocycles. The van der Waals surface area contributed by atoms with Crippen molar-refractivity contribution < 1.29 is 9.53 Å². The predicted octanol–water partition coefficient (Wildman–Crippen LogP) is 4.27. The van der Waals surface area contributed by atoms with Crippen LogP contribution in [-0.4, -0.2) is 13.1 Å². The molecule has 0 atom stereocenters. The molecule has 98 valence electrons. The Kier molecular flexibility index (Phi) is 2.91. The number of hydrogen-bond donors (Lipinski definition) is 0. The average Bonchev–Trinajstić information content (AvgIpc) is 2.87. The van der Waals surface area contributed by atoms with Gasteiger partial charge in [0.05, 0.1) is 24.1 Å². The highest BCUT2D eigenvalue weighted by molar-refractivity contribution is 6.15. The molecule has 0 saturated heterocycles. The van der Waals surface area contributed by atoms with Crippen LogP contribution in [0, 0.1) is 0 Å². The summed E-state index contributed by atoms with van der Waals surface area (Å²) in [4.78, 5) is 11.4. The van der Waals surface area contributed by atoms with Crippen molar-refractivity contribution in [3.05, 3.63) is 54.6 Å². The van der Waals surface area contributed by atoms with Gasteiger partial charge < -0.3 is 4.74 Å². The Morgan fingerprint density at radius 2 is 1.85 bits per heavy atom. The second kappa shape index (κ2) is 4.74. The lowest BCUT2D eigenvalue weighted by molar-refractivity contribution is -0.133. The van der Waals surface area contributed by atoms with Crippen LogP contribution in [-0.2, 0) is 9.53 Å². The van der Waals surface area contributed by atoms with Crippen LogP contribution >= 0.6 is 0 Å². The molecule has 4 heteroatoms. The molecule has 0 radical (unpaired) electrons. The molecule has 20 heavy (non-hydrogen) atoms. The summed E-state index contributed by atoms with van der Waals surface area (Å²) in [5.74, 6) is -0.422. The minimum absolute atomic E-state index is 0.346. The Morgan fingerprint density at radius 1 is 1.10 bits per heavy atom. The van der Waals surface area contributed by atoms with E-state index in [4.69, 9.17) is 0 Å². The van der Waals surface area contributed by atoms with Gasteiger partial charge >= 0.3 is 5.97 Å². The van der Waals surface area contributed by atoms with Gasteiger partial charge in [0, 0.05) is 5.56 Å². The first-order valence-electron chi connectivity index (χ1n) is 6.13. The first kappa shape index (κ1) is 12.3. The van der Waals surface area contributed by atoms with Crippen LogP contribution in [0.3, 0.4) is 0 Å². The third-order valence-electron chi connectivity index (χ3n) is 3.23. The quantitative estimate of drug-likeness (QED) is 0.524. The van der Waals surface area contributed by atoms with Crippen molar-refractivity contribution >= 4 is 22.9 Å². The van der Waals surface area contributed by atoms with E-state index in [9.17, 15) is 4.79 Å². The molecule has 2 aromatic rings. The fourth-order valence-corrected chi connectivity index (χ4v) is 2.11. The number of carbonyl (C=O) groups excluding carboxylic acids is 1. The van der Waals surface area contributed by atoms with Crippen molar-refractivity contribution in [2.45, 2.75) is 0 Å². The lowest BCUT2D eigenvalue weighted by Gasteiger charge is -2.06. The molecule has 1 aliphatic heterocycles. The molecular weight excluding hydrogens is 252 g/mol. The van der Waals surface area contributed by atoms with Gasteiger partial charge in [-0.25, -0.2) is 4.79 Å². The topological polar surface area (TPSA) is 51.0 Å². The first-order valence-corrected chi connectivity index (χ1v) is 6.13. The summed E-state index contributed by atoms with van der Waals surface area (Å²) in [6.07, 6.45) is 0. The summed E-state index contributed by atoms with van der Waals surface area (Å²) in [6, 6.07) is 13.4. The van der Waals surface area contributed by atoms with Gasteiger partial charge in [-0.2, -0.15) is 5.11 Å². The van der Waals surface area contributed by atoms with Crippen molar-refractivity contribution in [1.29, 1.82) is 0 Å². The number of rotatable bonds is 3. The van der Waals surface area contributed by atoms with E-state index in [0.29, 0.717) is 5.57 Å². The zero-order valence-corrected chi connectivity index (χ0v) is 11.0. The molecule has 0 saturated carbocycles. The van der Waals surface area contributed by atoms with Gasteiger partial charge in [0.1, 0.15) is 0 Å². The second-order valence-corrected chi connectivity index (χ2v) is 4.45. The van der Waals surface area contributed by atoms with E-state index in [1.54, 1.807) is 0 Å². The average molecular weight is 264 g/mol. The van der Waals surface area contributed by atoms with Crippen LogP contribution in [0.5, 0.6) is 0 Å². The summed E-state index contributed by atoms with van der Waals surface area (Å²) in [7, 11) is 1.34. The van der Waals surface area contributed by atoms with Gasteiger partial charge in [0.25, 0.3) is 0 Å². The van der Waals surface area contributed by atoms with Gasteiger partial charge in [0.15, 0.2) is 0 Å². The molecule has 1 aliphatic rings. The monoisotopic (exact) mass is 264 g/mol. The number of benzene rings is 2. The summed E-state index contributed by atoms with van der Waals surface area (Å²) < 4.78 is 4.66. The third-order valence-corrected chi connectivity index (χ3v) is 3.23. The zero-order chi connectivity index (χ0) is 14.1. The molecule has 0 amide bonds. The van der Waals surface area contributed by atoms with Gasteiger partial charge in [-0.1, -0.05) is 30.8 Å². The van der Waals surface area contributed by atoms with Crippen molar-refractivity contribution in [1.82, 2.24) is 0 Å². The fourth-order valence-electron chi connectivity index (χ4n) is 2.11. The Labute approximate surface area is 116 Å². The lowest BCUT2D eigenvalue weighted by atomic mass is 10.00. The van der Waals surface area contributed by atoms with Gasteiger partial charge in [-0.05, 0) is 29.3 Å². The third kappa shape index (κ3) is 2.01. The highest BCUT2D eigenvalue weighted by Crippen LogP contribution is 2.38. The normalized spacial score (nSPS) is 11.4. The largest absolute Gasteiger partial charge is 0.465 e. The maximum Gasteiger partial charge on any atom is 0.337 e. The summed E-state index contributed by atoms with van der Waals surface area (Å²) in [5.41, 5.74) is 4.87. The van der Waals surface area contributed by atoms with Crippen LogP contribution in [0.25, 0.3) is 16.7 Å². The lowest BCUT2D eigenvalue weighted by Crippen LogP contribution is -2.02.